The summed E-state index contributed by atoms with van der Waals surface area (Å²) < 4.78 is 0. The molecule has 15 heavy (non-hydrogen) atoms. The van der Waals surface area contributed by atoms with E-state index in [4.69, 9.17) is 5.73 Å². The van der Waals surface area contributed by atoms with E-state index in [0.29, 0.717) is 11.5 Å². The van der Waals surface area contributed by atoms with Crippen LogP contribution < -0.4 is 11.1 Å². The van der Waals surface area contributed by atoms with Crippen molar-refractivity contribution in [2.75, 3.05) is 11.1 Å². The minimum atomic E-state index is 0.671. The Hall–Kier alpha value is -1.62. The molecule has 2 heterocycles. The highest BCUT2D eigenvalue weighted by Crippen LogP contribution is 2.24. The van der Waals surface area contributed by atoms with E-state index in [1.165, 1.54) is 0 Å². The molecular formula is C10H12N4S. The molecule has 0 atom stereocenters. The van der Waals surface area contributed by atoms with Crippen molar-refractivity contribution in [3.05, 3.63) is 28.9 Å². The number of rotatable bonds is 2. The number of aryl methyl sites for hydroxylation is 2. The summed E-state index contributed by atoms with van der Waals surface area (Å²) in [6.07, 6.45) is 1.73. The van der Waals surface area contributed by atoms with Crippen LogP contribution in [-0.2, 0) is 0 Å². The van der Waals surface area contributed by atoms with Crippen LogP contribution in [0.1, 0.15) is 11.3 Å². The van der Waals surface area contributed by atoms with Crippen LogP contribution in [0.25, 0.3) is 0 Å². The quantitative estimate of drug-likeness (QED) is 0.816. The van der Waals surface area contributed by atoms with Crippen LogP contribution in [0.3, 0.4) is 0 Å². The molecule has 0 spiro atoms. The second-order valence-electron chi connectivity index (χ2n) is 3.31. The maximum atomic E-state index is 5.89. The molecule has 5 heteroatoms. The Morgan fingerprint density at radius 2 is 2.20 bits per heavy atom. The summed E-state index contributed by atoms with van der Waals surface area (Å²) in [6.45, 7) is 3.91. The summed E-state index contributed by atoms with van der Waals surface area (Å²) in [5, 5.41) is 5.90. The number of nitrogen functional groups attached to an aromatic ring is 1. The first kappa shape index (κ1) is 9.92. The molecule has 0 aliphatic carbocycles. The predicted octanol–water partition coefficient (Wildman–Crippen LogP) is 2.48. The number of thiazole rings is 1. The van der Waals surface area contributed by atoms with Crippen LogP contribution in [0.5, 0.6) is 0 Å². The number of nitrogens with two attached hydrogens (primary N) is 1. The minimum Gasteiger partial charge on any atom is -0.396 e. The molecule has 2 aromatic rings. The molecule has 0 saturated heterocycles. The van der Waals surface area contributed by atoms with Gasteiger partial charge in [0.05, 0.1) is 11.4 Å². The van der Waals surface area contributed by atoms with Crippen molar-refractivity contribution in [2.45, 2.75) is 13.8 Å². The third-order valence-electron chi connectivity index (χ3n) is 2.05. The summed E-state index contributed by atoms with van der Waals surface area (Å²) in [6, 6.07) is 1.88. The van der Waals surface area contributed by atoms with Crippen molar-refractivity contribution in [3.8, 4) is 0 Å². The van der Waals surface area contributed by atoms with E-state index >= 15 is 0 Å². The first-order chi connectivity index (χ1) is 7.16. The smallest absolute Gasteiger partial charge is 0.188 e. The molecule has 0 aromatic carbocycles. The standard InChI is InChI=1S/C10H12N4S/c1-6-3-4-12-9(8(6)11)14-10-13-7(2)5-15-10/h3-5H,11H2,1-2H3,(H,12,13,14). The largest absolute Gasteiger partial charge is 0.396 e. The molecule has 0 amide bonds. The number of hydrogen-bond donors (Lipinski definition) is 2. The second-order valence-corrected chi connectivity index (χ2v) is 4.17. The summed E-state index contributed by atoms with van der Waals surface area (Å²) >= 11 is 1.54. The van der Waals surface area contributed by atoms with Gasteiger partial charge in [0.25, 0.3) is 0 Å². The van der Waals surface area contributed by atoms with Crippen LogP contribution in [0, 0.1) is 13.8 Å². The molecule has 78 valence electrons. The fourth-order valence-corrected chi connectivity index (χ4v) is 1.87. The van der Waals surface area contributed by atoms with Gasteiger partial charge in [0, 0.05) is 11.6 Å². The summed E-state index contributed by atoms with van der Waals surface area (Å²) in [4.78, 5) is 8.46. The zero-order valence-electron chi connectivity index (χ0n) is 8.61. The fraction of sp³-hybridized carbons (Fsp3) is 0.200. The first-order valence-corrected chi connectivity index (χ1v) is 5.45. The second kappa shape index (κ2) is 3.86. The van der Waals surface area contributed by atoms with Crippen LogP contribution in [0.15, 0.2) is 17.6 Å². The predicted molar refractivity (Wildman–Crippen MR) is 63.5 cm³/mol. The molecule has 0 saturated carbocycles. The highest BCUT2D eigenvalue weighted by molar-refractivity contribution is 7.13. The van der Waals surface area contributed by atoms with Gasteiger partial charge in [0.2, 0.25) is 0 Å². The molecule has 0 aliphatic heterocycles. The van der Waals surface area contributed by atoms with Gasteiger partial charge in [-0.25, -0.2) is 9.97 Å². The van der Waals surface area contributed by atoms with Crippen molar-refractivity contribution < 1.29 is 0 Å². The Morgan fingerprint density at radius 1 is 1.40 bits per heavy atom. The van der Waals surface area contributed by atoms with Gasteiger partial charge in [-0.1, -0.05) is 0 Å². The van der Waals surface area contributed by atoms with Crippen LogP contribution >= 0.6 is 11.3 Å². The molecule has 2 aromatic heterocycles. The van der Waals surface area contributed by atoms with Crippen LogP contribution in [0.2, 0.25) is 0 Å². The zero-order chi connectivity index (χ0) is 10.8. The van der Waals surface area contributed by atoms with E-state index in [1.807, 2.05) is 25.3 Å². The van der Waals surface area contributed by atoms with Gasteiger partial charge in [-0.05, 0) is 25.5 Å². The average Bonchev–Trinajstić information content (AvgIpc) is 2.59. The van der Waals surface area contributed by atoms with Gasteiger partial charge in [-0.2, -0.15) is 0 Å². The van der Waals surface area contributed by atoms with Gasteiger partial charge in [0.1, 0.15) is 0 Å². The van der Waals surface area contributed by atoms with E-state index in [0.717, 1.165) is 16.4 Å². The van der Waals surface area contributed by atoms with Crippen molar-refractivity contribution in [1.29, 1.82) is 0 Å². The molecule has 0 fully saturated rings. The van der Waals surface area contributed by atoms with Crippen LogP contribution in [-0.4, -0.2) is 9.97 Å². The lowest BCUT2D eigenvalue weighted by Gasteiger charge is -2.06. The first-order valence-electron chi connectivity index (χ1n) is 4.57. The lowest BCUT2D eigenvalue weighted by molar-refractivity contribution is 1.23. The van der Waals surface area contributed by atoms with E-state index in [2.05, 4.69) is 15.3 Å². The Morgan fingerprint density at radius 3 is 2.87 bits per heavy atom. The topological polar surface area (TPSA) is 63.8 Å². The van der Waals surface area contributed by atoms with E-state index in [1.54, 1.807) is 17.5 Å². The zero-order valence-corrected chi connectivity index (χ0v) is 9.43. The van der Waals surface area contributed by atoms with E-state index in [9.17, 15) is 0 Å². The van der Waals surface area contributed by atoms with Crippen LogP contribution in [0.4, 0.5) is 16.6 Å². The van der Waals surface area contributed by atoms with E-state index in [-0.39, 0.29) is 0 Å². The monoisotopic (exact) mass is 220 g/mol. The molecule has 0 aliphatic rings. The molecule has 0 bridgehead atoms. The van der Waals surface area contributed by atoms with Gasteiger partial charge < -0.3 is 11.1 Å². The lowest BCUT2D eigenvalue weighted by atomic mass is 10.2. The molecule has 3 N–H and O–H groups in total. The maximum Gasteiger partial charge on any atom is 0.188 e. The highest BCUT2D eigenvalue weighted by atomic mass is 32.1. The van der Waals surface area contributed by atoms with Gasteiger partial charge >= 0.3 is 0 Å². The van der Waals surface area contributed by atoms with Crippen molar-refractivity contribution in [2.24, 2.45) is 0 Å². The number of aromatic nitrogens is 2. The van der Waals surface area contributed by atoms with Gasteiger partial charge in [-0.15, -0.1) is 11.3 Å². The SMILES string of the molecule is Cc1csc(Nc2nccc(C)c2N)n1. The highest BCUT2D eigenvalue weighted by Gasteiger charge is 2.05. The number of nitrogens with zero attached hydrogens (tertiary/aromatic N) is 2. The van der Waals surface area contributed by atoms with Crippen molar-refractivity contribution in [3.63, 3.8) is 0 Å². The Labute approximate surface area is 92.2 Å². The van der Waals surface area contributed by atoms with Gasteiger partial charge in [-0.3, -0.25) is 0 Å². The Kier molecular flexibility index (Phi) is 2.55. The molecule has 0 radical (unpaired) electrons. The van der Waals surface area contributed by atoms with Crippen molar-refractivity contribution in [1.82, 2.24) is 9.97 Å². The Bertz CT molecular complexity index is 478. The third kappa shape index (κ3) is 2.07. The summed E-state index contributed by atoms with van der Waals surface area (Å²) in [5.74, 6) is 0.671. The minimum absolute atomic E-state index is 0.671. The number of nitrogens with one attached hydrogen (secondary N) is 1. The maximum absolute atomic E-state index is 5.89. The molecule has 0 unspecified atom stereocenters. The number of hydrogen-bond acceptors (Lipinski definition) is 5. The molecule has 4 nitrogen and oxygen atoms in total. The fourth-order valence-electron chi connectivity index (χ4n) is 1.18. The third-order valence-corrected chi connectivity index (χ3v) is 2.93. The summed E-state index contributed by atoms with van der Waals surface area (Å²) in [7, 11) is 0. The number of anilines is 3. The molecule has 2 rings (SSSR count). The lowest BCUT2D eigenvalue weighted by Crippen LogP contribution is -2.00. The van der Waals surface area contributed by atoms with Gasteiger partial charge in [0.15, 0.2) is 10.9 Å². The number of pyridine rings is 1. The van der Waals surface area contributed by atoms with E-state index < -0.39 is 0 Å². The van der Waals surface area contributed by atoms with Crippen molar-refractivity contribution >= 4 is 28.0 Å². The average molecular weight is 220 g/mol. The molecular weight excluding hydrogens is 208 g/mol. The Balaban J connectivity index is 2.28. The normalized spacial score (nSPS) is 10.3. The summed E-state index contributed by atoms with van der Waals surface area (Å²) in [5.41, 5.74) is 8.57.